The fraction of sp³-hybridized carbons (Fsp3) is 0.458. The van der Waals surface area contributed by atoms with Crippen LogP contribution in [0.3, 0.4) is 0 Å². The third-order valence-electron chi connectivity index (χ3n) is 6.96. The van der Waals surface area contributed by atoms with Crippen molar-refractivity contribution in [3.8, 4) is 16.9 Å². The molecule has 2 aliphatic heterocycles. The van der Waals surface area contributed by atoms with Crippen molar-refractivity contribution in [2.24, 2.45) is 0 Å². The summed E-state index contributed by atoms with van der Waals surface area (Å²) in [4.78, 5) is 14.3. The number of nitrogens with one attached hydrogen (secondary N) is 1. The molecule has 1 saturated heterocycles. The zero-order valence-electron chi connectivity index (χ0n) is 18.9. The number of piperidine rings is 1. The first-order valence-corrected chi connectivity index (χ1v) is 13.0. The van der Waals surface area contributed by atoms with Gasteiger partial charge in [-0.3, -0.25) is 4.79 Å². The second-order valence-corrected chi connectivity index (χ2v) is 11.3. The van der Waals surface area contributed by atoms with Crippen molar-refractivity contribution < 1.29 is 39.9 Å². The Hall–Kier alpha value is -2.73. The number of sulfonamides is 1. The van der Waals surface area contributed by atoms with Crippen molar-refractivity contribution in [1.82, 2.24) is 9.62 Å². The summed E-state index contributed by atoms with van der Waals surface area (Å²) < 4.78 is 107. The first kappa shape index (κ1) is 24.9. The normalized spacial score (nSPS) is 25.6. The molecule has 0 spiro atoms. The summed E-state index contributed by atoms with van der Waals surface area (Å²) in [6, 6.07) is 2.88. The summed E-state index contributed by atoms with van der Waals surface area (Å²) in [6.45, 7) is -0.427. The number of benzene rings is 2. The van der Waals surface area contributed by atoms with Crippen molar-refractivity contribution in [2.75, 3.05) is 13.2 Å². The van der Waals surface area contributed by atoms with Crippen LogP contribution in [0.1, 0.15) is 31.2 Å². The Kier molecular flexibility index (Phi) is 6.22. The second-order valence-electron chi connectivity index (χ2n) is 9.33. The highest BCUT2D eigenvalue weighted by molar-refractivity contribution is 7.91. The number of carbonyl (C=O) groups is 1. The Balaban J connectivity index is 1.60. The Bertz CT molecular complexity index is 1320. The predicted octanol–water partition coefficient (Wildman–Crippen LogP) is 3.78. The molecule has 194 valence electrons. The SMILES string of the molecule is O=C1CCOc2c(F)cc(F)cc2-c2cccc(c2F)C[C@H]2[C@@H](NS(=O)(=O)C3(F)CC3)[C@@H](F)CCN12. The number of alkyl halides is 2. The van der Waals surface area contributed by atoms with Gasteiger partial charge in [-0.15, -0.1) is 0 Å². The van der Waals surface area contributed by atoms with Gasteiger partial charge in [0.1, 0.15) is 17.8 Å². The van der Waals surface area contributed by atoms with Crippen molar-refractivity contribution in [1.29, 1.82) is 0 Å². The fourth-order valence-electron chi connectivity index (χ4n) is 4.86. The molecule has 2 aromatic rings. The molecule has 1 amide bonds. The number of nitrogens with zero attached hydrogens (tertiary/aromatic N) is 1. The Labute approximate surface area is 204 Å². The van der Waals surface area contributed by atoms with Crippen LogP contribution in [0.15, 0.2) is 30.3 Å². The van der Waals surface area contributed by atoms with Gasteiger partial charge in [-0.05, 0) is 24.5 Å². The number of ether oxygens (including phenoxy) is 1. The van der Waals surface area contributed by atoms with Gasteiger partial charge in [0.2, 0.25) is 20.9 Å². The lowest BCUT2D eigenvalue weighted by Crippen LogP contribution is -2.63. The predicted molar refractivity (Wildman–Crippen MR) is 119 cm³/mol. The van der Waals surface area contributed by atoms with Gasteiger partial charge in [0.05, 0.1) is 25.1 Å². The van der Waals surface area contributed by atoms with Crippen LogP contribution in [-0.2, 0) is 21.2 Å². The summed E-state index contributed by atoms with van der Waals surface area (Å²) in [6.07, 6.45) is -3.01. The molecular formula is C24H23F5N2O4S. The summed E-state index contributed by atoms with van der Waals surface area (Å²) in [7, 11) is -4.56. The Morgan fingerprint density at radius 1 is 1.11 bits per heavy atom. The average molecular weight is 531 g/mol. The molecule has 6 nitrogen and oxygen atoms in total. The summed E-state index contributed by atoms with van der Waals surface area (Å²) >= 11 is 0. The highest BCUT2D eigenvalue weighted by Gasteiger charge is 2.57. The standard InChI is InChI=1S/C24H23F5N2O4S/c25-14-11-16-15-3-1-2-13(21(15)28)10-19-22(30-36(33,34)24(29)6-7-24)17(26)4-8-31(19)20(32)5-9-35-23(16)18(27)12-14/h1-3,11-12,17,19,22,30H,4-10H2/t17-,19-,22-/m0/s1. The monoisotopic (exact) mass is 530 g/mol. The number of fused-ring (bicyclic) bond motifs is 5. The maximum absolute atomic E-state index is 15.7. The molecule has 36 heavy (non-hydrogen) atoms. The fourth-order valence-corrected chi connectivity index (χ4v) is 6.37. The molecule has 2 bridgehead atoms. The highest BCUT2D eigenvalue weighted by atomic mass is 32.2. The van der Waals surface area contributed by atoms with Gasteiger partial charge in [-0.25, -0.2) is 35.1 Å². The van der Waals surface area contributed by atoms with Gasteiger partial charge in [-0.1, -0.05) is 18.2 Å². The van der Waals surface area contributed by atoms with Crippen molar-refractivity contribution >= 4 is 15.9 Å². The van der Waals surface area contributed by atoms with Gasteiger partial charge >= 0.3 is 0 Å². The molecule has 2 fully saturated rings. The average Bonchev–Trinajstić information content (AvgIpc) is 3.57. The van der Waals surface area contributed by atoms with E-state index in [-0.39, 0.29) is 61.9 Å². The minimum absolute atomic E-state index is 0.0359. The zero-order valence-corrected chi connectivity index (χ0v) is 19.8. The third kappa shape index (κ3) is 4.34. The van der Waals surface area contributed by atoms with Gasteiger partial charge in [0.15, 0.2) is 11.6 Å². The van der Waals surface area contributed by atoms with E-state index in [2.05, 4.69) is 4.72 Å². The van der Waals surface area contributed by atoms with E-state index in [1.165, 1.54) is 23.1 Å². The first-order valence-electron chi connectivity index (χ1n) is 11.5. The Morgan fingerprint density at radius 3 is 2.58 bits per heavy atom. The molecule has 3 atom stereocenters. The molecule has 1 saturated carbocycles. The van der Waals surface area contributed by atoms with Crippen molar-refractivity contribution in [3.63, 3.8) is 0 Å². The quantitative estimate of drug-likeness (QED) is 0.613. The van der Waals surface area contributed by atoms with Crippen LogP contribution in [0.25, 0.3) is 11.1 Å². The van der Waals surface area contributed by atoms with E-state index in [0.29, 0.717) is 6.07 Å². The molecule has 12 heteroatoms. The van der Waals surface area contributed by atoms with Gasteiger partial charge < -0.3 is 9.64 Å². The van der Waals surface area contributed by atoms with Crippen LogP contribution in [0, 0.1) is 17.5 Å². The van der Waals surface area contributed by atoms with Gasteiger partial charge in [0.25, 0.3) is 0 Å². The van der Waals surface area contributed by atoms with Gasteiger partial charge in [0, 0.05) is 36.6 Å². The minimum atomic E-state index is -4.56. The number of carbonyl (C=O) groups excluding carboxylic acids is 1. The molecule has 2 heterocycles. The molecule has 3 aliphatic rings. The van der Waals surface area contributed by atoms with Crippen LogP contribution in [0.2, 0.25) is 0 Å². The summed E-state index contributed by atoms with van der Waals surface area (Å²) in [5, 5.41) is -2.50. The van der Waals surface area contributed by atoms with Crippen LogP contribution in [-0.4, -0.2) is 55.6 Å². The Morgan fingerprint density at radius 2 is 1.86 bits per heavy atom. The van der Waals surface area contributed by atoms with Crippen LogP contribution >= 0.6 is 0 Å². The number of hydrogen-bond acceptors (Lipinski definition) is 4. The van der Waals surface area contributed by atoms with E-state index in [1.807, 2.05) is 0 Å². The number of amides is 1. The molecule has 0 aromatic heterocycles. The maximum atomic E-state index is 15.7. The largest absolute Gasteiger partial charge is 0.489 e. The number of halogens is 5. The molecular weight excluding hydrogens is 507 g/mol. The van der Waals surface area contributed by atoms with Gasteiger partial charge in [-0.2, -0.15) is 0 Å². The minimum Gasteiger partial charge on any atom is -0.489 e. The van der Waals surface area contributed by atoms with Crippen molar-refractivity contribution in [3.05, 3.63) is 53.3 Å². The molecule has 1 N–H and O–H groups in total. The smallest absolute Gasteiger partial charge is 0.247 e. The van der Waals surface area contributed by atoms with E-state index >= 15 is 8.78 Å². The molecule has 2 aromatic carbocycles. The summed E-state index contributed by atoms with van der Waals surface area (Å²) in [5.74, 6) is -3.88. The zero-order chi connectivity index (χ0) is 25.8. The van der Waals surface area contributed by atoms with E-state index in [0.717, 1.165) is 6.07 Å². The molecule has 5 rings (SSSR count). The summed E-state index contributed by atoms with van der Waals surface area (Å²) in [5.41, 5.74) is -0.412. The maximum Gasteiger partial charge on any atom is 0.247 e. The second kappa shape index (κ2) is 8.98. The van der Waals surface area contributed by atoms with E-state index in [4.69, 9.17) is 4.74 Å². The van der Waals surface area contributed by atoms with E-state index < -0.39 is 62.4 Å². The van der Waals surface area contributed by atoms with Crippen LogP contribution in [0.4, 0.5) is 22.0 Å². The lowest BCUT2D eigenvalue weighted by atomic mass is 9.88. The lowest BCUT2D eigenvalue weighted by Gasteiger charge is -2.43. The van der Waals surface area contributed by atoms with Crippen LogP contribution < -0.4 is 9.46 Å². The van der Waals surface area contributed by atoms with Crippen molar-refractivity contribution in [2.45, 2.75) is 55.4 Å². The number of rotatable bonds is 3. The van der Waals surface area contributed by atoms with E-state index in [9.17, 15) is 26.4 Å². The van der Waals surface area contributed by atoms with E-state index in [1.54, 1.807) is 0 Å². The molecule has 0 radical (unpaired) electrons. The van der Waals surface area contributed by atoms with Crippen LogP contribution in [0.5, 0.6) is 5.75 Å². The highest BCUT2D eigenvalue weighted by Crippen LogP contribution is 2.45. The number of hydrogen-bond donors (Lipinski definition) is 1. The molecule has 0 unspecified atom stereocenters. The topological polar surface area (TPSA) is 75.7 Å². The third-order valence-corrected chi connectivity index (χ3v) is 8.91. The first-order chi connectivity index (χ1) is 17.0. The lowest BCUT2D eigenvalue weighted by molar-refractivity contribution is -0.137. The molecule has 1 aliphatic carbocycles.